The maximum absolute atomic E-state index is 12.3. The lowest BCUT2D eigenvalue weighted by atomic mass is 9.99. The van der Waals surface area contributed by atoms with Crippen molar-refractivity contribution in [1.29, 1.82) is 0 Å². The van der Waals surface area contributed by atoms with Gasteiger partial charge in [0.2, 0.25) is 0 Å². The highest BCUT2D eigenvalue weighted by atomic mass is 16.5. The first kappa shape index (κ1) is 17.9. The quantitative estimate of drug-likeness (QED) is 0.715. The summed E-state index contributed by atoms with van der Waals surface area (Å²) in [5.41, 5.74) is 0. The molecule has 3 heterocycles. The SMILES string of the molecule is CN1CCOC2CCN(C(=O)NCCCOCC3CCOC3)CC21. The van der Waals surface area contributed by atoms with Crippen LogP contribution in [0.25, 0.3) is 0 Å². The second-order valence-corrected chi connectivity index (χ2v) is 7.08. The minimum atomic E-state index is 0.0385. The molecule has 138 valence electrons. The maximum atomic E-state index is 12.3. The summed E-state index contributed by atoms with van der Waals surface area (Å²) in [6, 6.07) is 0.367. The summed E-state index contributed by atoms with van der Waals surface area (Å²) in [7, 11) is 2.12. The van der Waals surface area contributed by atoms with E-state index in [9.17, 15) is 4.79 Å². The van der Waals surface area contributed by atoms with E-state index < -0.39 is 0 Å². The lowest BCUT2D eigenvalue weighted by Crippen LogP contribution is -2.60. The Morgan fingerprint density at radius 1 is 1.29 bits per heavy atom. The Balaban J connectivity index is 1.28. The molecule has 0 aromatic rings. The van der Waals surface area contributed by atoms with Gasteiger partial charge in [0.25, 0.3) is 0 Å². The molecule has 0 aromatic heterocycles. The second-order valence-electron chi connectivity index (χ2n) is 7.08. The number of ether oxygens (including phenoxy) is 3. The molecule has 0 radical (unpaired) electrons. The highest BCUT2D eigenvalue weighted by Crippen LogP contribution is 2.21. The van der Waals surface area contributed by atoms with E-state index in [1.165, 1.54) is 0 Å². The van der Waals surface area contributed by atoms with Crippen molar-refractivity contribution in [2.45, 2.75) is 31.4 Å². The molecule has 3 saturated heterocycles. The molecule has 3 unspecified atom stereocenters. The molecular formula is C17H31N3O4. The zero-order chi connectivity index (χ0) is 16.8. The molecule has 7 heteroatoms. The number of urea groups is 1. The third kappa shape index (κ3) is 4.81. The van der Waals surface area contributed by atoms with Crippen molar-refractivity contribution in [3.05, 3.63) is 0 Å². The Labute approximate surface area is 144 Å². The van der Waals surface area contributed by atoms with Crippen molar-refractivity contribution in [3.63, 3.8) is 0 Å². The number of nitrogens with one attached hydrogen (secondary N) is 1. The van der Waals surface area contributed by atoms with Gasteiger partial charge < -0.3 is 24.4 Å². The van der Waals surface area contributed by atoms with Crippen LogP contribution in [0.5, 0.6) is 0 Å². The Hall–Kier alpha value is -0.890. The predicted molar refractivity (Wildman–Crippen MR) is 90.1 cm³/mol. The summed E-state index contributed by atoms with van der Waals surface area (Å²) < 4.78 is 16.8. The summed E-state index contributed by atoms with van der Waals surface area (Å²) >= 11 is 0. The molecule has 3 rings (SSSR count). The molecule has 24 heavy (non-hydrogen) atoms. The Kier molecular flexibility index (Phi) is 6.71. The molecule has 3 atom stereocenters. The summed E-state index contributed by atoms with van der Waals surface area (Å²) in [5.74, 6) is 0.551. The van der Waals surface area contributed by atoms with Gasteiger partial charge in [-0.05, 0) is 26.3 Å². The molecule has 0 spiro atoms. The highest BCUT2D eigenvalue weighted by Gasteiger charge is 2.36. The average Bonchev–Trinajstić information content (AvgIpc) is 3.11. The molecular weight excluding hydrogens is 310 g/mol. The molecule has 0 aromatic carbocycles. The minimum absolute atomic E-state index is 0.0385. The fourth-order valence-electron chi connectivity index (χ4n) is 3.67. The van der Waals surface area contributed by atoms with Gasteiger partial charge >= 0.3 is 6.03 Å². The molecule has 2 amide bonds. The number of likely N-dealkylation sites (tertiary alicyclic amines) is 1. The van der Waals surface area contributed by atoms with Crippen molar-refractivity contribution < 1.29 is 19.0 Å². The van der Waals surface area contributed by atoms with Crippen LogP contribution in [-0.4, -0.2) is 94.2 Å². The largest absolute Gasteiger partial charge is 0.381 e. The normalized spacial score (nSPS) is 31.0. The lowest BCUT2D eigenvalue weighted by molar-refractivity contribution is -0.0881. The van der Waals surface area contributed by atoms with Crippen molar-refractivity contribution >= 4 is 6.03 Å². The van der Waals surface area contributed by atoms with Crippen LogP contribution in [0.4, 0.5) is 4.79 Å². The molecule has 7 nitrogen and oxygen atoms in total. The van der Waals surface area contributed by atoms with Crippen LogP contribution in [0.3, 0.4) is 0 Å². The van der Waals surface area contributed by atoms with E-state index in [0.717, 1.165) is 65.3 Å². The molecule has 1 N–H and O–H groups in total. The van der Waals surface area contributed by atoms with Gasteiger partial charge in [-0.25, -0.2) is 4.79 Å². The Morgan fingerprint density at radius 2 is 2.21 bits per heavy atom. The molecule has 3 fully saturated rings. The van der Waals surface area contributed by atoms with Crippen molar-refractivity contribution in [1.82, 2.24) is 15.1 Å². The zero-order valence-corrected chi connectivity index (χ0v) is 14.7. The number of fused-ring (bicyclic) bond motifs is 1. The van der Waals surface area contributed by atoms with Crippen LogP contribution in [-0.2, 0) is 14.2 Å². The first-order valence-corrected chi connectivity index (χ1v) is 9.24. The van der Waals surface area contributed by atoms with Gasteiger partial charge in [0.15, 0.2) is 0 Å². The van der Waals surface area contributed by atoms with Crippen LogP contribution in [0, 0.1) is 5.92 Å². The third-order valence-electron chi connectivity index (χ3n) is 5.27. The fraction of sp³-hybridized carbons (Fsp3) is 0.941. The zero-order valence-electron chi connectivity index (χ0n) is 14.7. The van der Waals surface area contributed by atoms with Crippen molar-refractivity contribution in [2.75, 3.05) is 66.3 Å². The van der Waals surface area contributed by atoms with E-state index in [1.54, 1.807) is 0 Å². The number of amides is 2. The van der Waals surface area contributed by atoms with Crippen LogP contribution in [0.1, 0.15) is 19.3 Å². The van der Waals surface area contributed by atoms with Crippen LogP contribution in [0.15, 0.2) is 0 Å². The number of hydrogen-bond acceptors (Lipinski definition) is 5. The monoisotopic (exact) mass is 341 g/mol. The number of piperidine rings is 1. The lowest BCUT2D eigenvalue weighted by Gasteiger charge is -2.45. The standard InChI is InChI=1S/C17H31N3O4/c1-19-7-10-24-16-3-6-20(11-15(16)19)17(21)18-5-2-8-22-12-14-4-9-23-13-14/h14-16H,2-13H2,1H3,(H,18,21). The molecule has 0 bridgehead atoms. The Morgan fingerprint density at radius 3 is 3.04 bits per heavy atom. The van der Waals surface area contributed by atoms with Crippen molar-refractivity contribution in [3.8, 4) is 0 Å². The van der Waals surface area contributed by atoms with E-state index in [-0.39, 0.29) is 12.1 Å². The van der Waals surface area contributed by atoms with E-state index in [4.69, 9.17) is 14.2 Å². The average molecular weight is 341 g/mol. The topological polar surface area (TPSA) is 63.3 Å². The first-order valence-electron chi connectivity index (χ1n) is 9.24. The number of carbonyl (C=O) groups is 1. The van der Waals surface area contributed by atoms with E-state index in [1.807, 2.05) is 4.90 Å². The second kappa shape index (κ2) is 8.99. The number of likely N-dealkylation sites (N-methyl/N-ethyl adjacent to an activating group) is 1. The van der Waals surface area contributed by atoms with Gasteiger partial charge in [-0.15, -0.1) is 0 Å². The maximum Gasteiger partial charge on any atom is 0.317 e. The molecule has 0 aliphatic carbocycles. The molecule has 3 aliphatic heterocycles. The number of hydrogen-bond donors (Lipinski definition) is 1. The predicted octanol–water partition coefficient (Wildman–Crippen LogP) is 0.544. The summed E-state index contributed by atoms with van der Waals surface area (Å²) in [4.78, 5) is 16.6. The molecule has 3 aliphatic rings. The van der Waals surface area contributed by atoms with Crippen LogP contribution >= 0.6 is 0 Å². The molecule has 0 saturated carbocycles. The summed E-state index contributed by atoms with van der Waals surface area (Å²) in [6.45, 7) is 7.10. The number of carbonyl (C=O) groups excluding carboxylic acids is 1. The number of morpholine rings is 1. The van der Waals surface area contributed by atoms with Crippen LogP contribution < -0.4 is 5.32 Å². The Bertz CT molecular complexity index is 403. The van der Waals surface area contributed by atoms with Gasteiger partial charge in [0.05, 0.1) is 32.0 Å². The van der Waals surface area contributed by atoms with Gasteiger partial charge in [-0.3, -0.25) is 4.90 Å². The summed E-state index contributed by atoms with van der Waals surface area (Å²) in [6.07, 6.45) is 3.16. The van der Waals surface area contributed by atoms with Crippen LogP contribution in [0.2, 0.25) is 0 Å². The van der Waals surface area contributed by atoms with E-state index in [2.05, 4.69) is 17.3 Å². The number of rotatable bonds is 6. The summed E-state index contributed by atoms with van der Waals surface area (Å²) in [5, 5.41) is 3.01. The van der Waals surface area contributed by atoms with E-state index >= 15 is 0 Å². The smallest absolute Gasteiger partial charge is 0.317 e. The minimum Gasteiger partial charge on any atom is -0.381 e. The van der Waals surface area contributed by atoms with E-state index in [0.29, 0.717) is 25.1 Å². The van der Waals surface area contributed by atoms with Gasteiger partial charge in [-0.1, -0.05) is 0 Å². The highest BCUT2D eigenvalue weighted by molar-refractivity contribution is 5.74. The van der Waals surface area contributed by atoms with Gasteiger partial charge in [0.1, 0.15) is 0 Å². The number of nitrogens with zero attached hydrogens (tertiary/aromatic N) is 2. The fourth-order valence-corrected chi connectivity index (χ4v) is 3.67. The van der Waals surface area contributed by atoms with Gasteiger partial charge in [0, 0.05) is 45.3 Å². The van der Waals surface area contributed by atoms with Crippen molar-refractivity contribution in [2.24, 2.45) is 5.92 Å². The van der Waals surface area contributed by atoms with Gasteiger partial charge in [-0.2, -0.15) is 0 Å². The first-order chi connectivity index (χ1) is 11.7. The third-order valence-corrected chi connectivity index (χ3v) is 5.27.